The van der Waals surface area contributed by atoms with Gasteiger partial charge >= 0.3 is 5.97 Å². The van der Waals surface area contributed by atoms with E-state index in [4.69, 9.17) is 0 Å². The van der Waals surface area contributed by atoms with Crippen molar-refractivity contribution in [3.63, 3.8) is 0 Å². The molecule has 4 heteroatoms. The zero-order valence-corrected chi connectivity index (χ0v) is 12.7. The van der Waals surface area contributed by atoms with E-state index in [9.17, 15) is 14.7 Å². The summed E-state index contributed by atoms with van der Waals surface area (Å²) in [5, 5.41) is 9.57. The van der Waals surface area contributed by atoms with Gasteiger partial charge in [0, 0.05) is 19.5 Å². The molecule has 2 fully saturated rings. The molecule has 20 heavy (non-hydrogen) atoms. The number of piperidine rings is 1. The summed E-state index contributed by atoms with van der Waals surface area (Å²) in [7, 11) is 0. The van der Waals surface area contributed by atoms with Gasteiger partial charge in [-0.1, -0.05) is 33.1 Å². The van der Waals surface area contributed by atoms with Crippen molar-refractivity contribution in [3.05, 3.63) is 0 Å². The molecule has 0 aromatic rings. The number of aliphatic carboxylic acids is 1. The van der Waals surface area contributed by atoms with Gasteiger partial charge in [-0.05, 0) is 31.1 Å². The highest BCUT2D eigenvalue weighted by atomic mass is 16.4. The molecule has 1 N–H and O–H groups in total. The number of carboxylic acid groups (broad SMARTS) is 1. The molecule has 2 aliphatic rings. The highest BCUT2D eigenvalue weighted by molar-refractivity contribution is 5.85. The Morgan fingerprint density at radius 3 is 2.15 bits per heavy atom. The molecule has 2 rings (SSSR count). The Hall–Kier alpha value is -1.06. The standard InChI is InChI=1S/C16H27NO3/c1-12-8-13(2)11-17(10-12)14(18)9-16(15(19)20)6-4-3-5-7-16/h12-13H,3-11H2,1-2H3,(H,19,20). The van der Waals surface area contributed by atoms with E-state index in [2.05, 4.69) is 13.8 Å². The maximum atomic E-state index is 12.5. The molecule has 0 aromatic carbocycles. The van der Waals surface area contributed by atoms with Crippen LogP contribution < -0.4 is 0 Å². The Balaban J connectivity index is 2.03. The van der Waals surface area contributed by atoms with Crippen LogP contribution in [0.5, 0.6) is 0 Å². The van der Waals surface area contributed by atoms with Gasteiger partial charge in [-0.25, -0.2) is 0 Å². The van der Waals surface area contributed by atoms with Crippen LogP contribution in [-0.4, -0.2) is 35.0 Å². The van der Waals surface area contributed by atoms with Gasteiger partial charge in [0.1, 0.15) is 0 Å². The minimum atomic E-state index is -0.792. The van der Waals surface area contributed by atoms with E-state index in [1.54, 1.807) is 0 Å². The molecule has 1 saturated carbocycles. The first-order chi connectivity index (χ1) is 9.43. The number of hydrogen-bond acceptors (Lipinski definition) is 2. The van der Waals surface area contributed by atoms with E-state index in [-0.39, 0.29) is 12.3 Å². The van der Waals surface area contributed by atoms with Crippen molar-refractivity contribution in [3.8, 4) is 0 Å². The normalized spacial score (nSPS) is 30.0. The summed E-state index contributed by atoms with van der Waals surface area (Å²) in [4.78, 5) is 26.1. The summed E-state index contributed by atoms with van der Waals surface area (Å²) in [5.41, 5.74) is -0.792. The van der Waals surface area contributed by atoms with Crippen LogP contribution in [0.2, 0.25) is 0 Å². The molecule has 1 aliphatic carbocycles. The average molecular weight is 281 g/mol. The second-order valence-electron chi connectivity index (χ2n) is 7.07. The van der Waals surface area contributed by atoms with E-state index in [0.717, 1.165) is 38.8 Å². The zero-order chi connectivity index (χ0) is 14.8. The first kappa shape index (κ1) is 15.3. The highest BCUT2D eigenvalue weighted by Crippen LogP contribution is 2.40. The van der Waals surface area contributed by atoms with E-state index in [1.807, 2.05) is 4.90 Å². The van der Waals surface area contributed by atoms with Crippen LogP contribution in [-0.2, 0) is 9.59 Å². The average Bonchev–Trinajstić information content (AvgIpc) is 2.38. The van der Waals surface area contributed by atoms with Gasteiger partial charge in [0.15, 0.2) is 0 Å². The quantitative estimate of drug-likeness (QED) is 0.865. The van der Waals surface area contributed by atoms with Gasteiger partial charge in [0.25, 0.3) is 0 Å². The smallest absolute Gasteiger partial charge is 0.310 e. The van der Waals surface area contributed by atoms with Crippen LogP contribution in [0.4, 0.5) is 0 Å². The third-order valence-electron chi connectivity index (χ3n) is 4.98. The molecule has 1 amide bonds. The Morgan fingerprint density at radius 2 is 1.65 bits per heavy atom. The molecular formula is C16H27NO3. The molecule has 1 aliphatic heterocycles. The Kier molecular flexibility index (Phi) is 4.71. The molecule has 0 radical (unpaired) electrons. The van der Waals surface area contributed by atoms with Crippen LogP contribution in [0.1, 0.15) is 58.8 Å². The third-order valence-corrected chi connectivity index (χ3v) is 4.98. The minimum Gasteiger partial charge on any atom is -0.481 e. The van der Waals surface area contributed by atoms with E-state index in [0.29, 0.717) is 24.7 Å². The van der Waals surface area contributed by atoms with E-state index >= 15 is 0 Å². The molecule has 114 valence electrons. The molecule has 1 saturated heterocycles. The maximum Gasteiger partial charge on any atom is 0.310 e. The number of nitrogens with zero attached hydrogens (tertiary/aromatic N) is 1. The number of likely N-dealkylation sites (tertiary alicyclic amines) is 1. The monoisotopic (exact) mass is 281 g/mol. The van der Waals surface area contributed by atoms with E-state index < -0.39 is 11.4 Å². The number of hydrogen-bond donors (Lipinski definition) is 1. The molecule has 1 heterocycles. The van der Waals surface area contributed by atoms with Crippen LogP contribution in [0.3, 0.4) is 0 Å². The lowest BCUT2D eigenvalue weighted by molar-refractivity contribution is -0.156. The molecule has 0 aromatic heterocycles. The summed E-state index contributed by atoms with van der Waals surface area (Å²) in [6.45, 7) is 5.92. The van der Waals surface area contributed by atoms with E-state index in [1.165, 1.54) is 0 Å². The largest absolute Gasteiger partial charge is 0.481 e. The van der Waals surface area contributed by atoms with Gasteiger partial charge < -0.3 is 10.0 Å². The van der Waals surface area contributed by atoms with Crippen molar-refractivity contribution < 1.29 is 14.7 Å². The van der Waals surface area contributed by atoms with Crippen molar-refractivity contribution >= 4 is 11.9 Å². The fourth-order valence-corrected chi connectivity index (χ4v) is 3.96. The summed E-state index contributed by atoms with van der Waals surface area (Å²) in [6, 6.07) is 0. The molecule has 0 spiro atoms. The molecule has 0 bridgehead atoms. The van der Waals surface area contributed by atoms with Crippen molar-refractivity contribution in [1.29, 1.82) is 0 Å². The van der Waals surface area contributed by atoms with Gasteiger partial charge in [0.05, 0.1) is 5.41 Å². The van der Waals surface area contributed by atoms with Crippen LogP contribution in [0.25, 0.3) is 0 Å². The first-order valence-corrected chi connectivity index (χ1v) is 7.94. The third kappa shape index (κ3) is 3.33. The summed E-state index contributed by atoms with van der Waals surface area (Å²) < 4.78 is 0. The van der Waals surface area contributed by atoms with Crippen LogP contribution in [0, 0.1) is 17.3 Å². The summed E-state index contributed by atoms with van der Waals surface area (Å²) in [6.07, 6.45) is 5.65. The Bertz CT molecular complexity index is 364. The van der Waals surface area contributed by atoms with Gasteiger partial charge in [0.2, 0.25) is 5.91 Å². The lowest BCUT2D eigenvalue weighted by Crippen LogP contribution is -2.46. The topological polar surface area (TPSA) is 57.6 Å². The van der Waals surface area contributed by atoms with Gasteiger partial charge in [-0.2, -0.15) is 0 Å². The van der Waals surface area contributed by atoms with Crippen LogP contribution >= 0.6 is 0 Å². The van der Waals surface area contributed by atoms with Crippen molar-refractivity contribution in [2.45, 2.75) is 58.8 Å². The minimum absolute atomic E-state index is 0.0488. The van der Waals surface area contributed by atoms with Crippen molar-refractivity contribution in [1.82, 2.24) is 4.90 Å². The predicted molar refractivity (Wildman–Crippen MR) is 77.3 cm³/mol. The molecule has 2 atom stereocenters. The Morgan fingerprint density at radius 1 is 1.10 bits per heavy atom. The molecule has 4 nitrogen and oxygen atoms in total. The fourth-order valence-electron chi connectivity index (χ4n) is 3.96. The number of carbonyl (C=O) groups excluding carboxylic acids is 1. The SMILES string of the molecule is CC1CC(C)CN(C(=O)CC2(C(=O)O)CCCCC2)C1. The highest BCUT2D eigenvalue weighted by Gasteiger charge is 2.42. The number of amides is 1. The number of carbonyl (C=O) groups is 2. The van der Waals surface area contributed by atoms with Crippen LogP contribution in [0.15, 0.2) is 0 Å². The molecule has 2 unspecified atom stereocenters. The Labute approximate surface area is 121 Å². The summed E-state index contributed by atoms with van der Waals surface area (Å²) in [5.74, 6) is 0.320. The van der Waals surface area contributed by atoms with Gasteiger partial charge in [-0.15, -0.1) is 0 Å². The second kappa shape index (κ2) is 6.15. The molecular weight excluding hydrogens is 254 g/mol. The van der Waals surface area contributed by atoms with Crippen molar-refractivity contribution in [2.75, 3.05) is 13.1 Å². The fraction of sp³-hybridized carbons (Fsp3) is 0.875. The first-order valence-electron chi connectivity index (χ1n) is 7.94. The summed E-state index contributed by atoms with van der Waals surface area (Å²) >= 11 is 0. The lowest BCUT2D eigenvalue weighted by atomic mass is 9.71. The zero-order valence-electron chi connectivity index (χ0n) is 12.7. The van der Waals surface area contributed by atoms with Crippen molar-refractivity contribution in [2.24, 2.45) is 17.3 Å². The lowest BCUT2D eigenvalue weighted by Gasteiger charge is -2.38. The van der Waals surface area contributed by atoms with Gasteiger partial charge in [-0.3, -0.25) is 9.59 Å². The number of carboxylic acids is 1. The predicted octanol–water partition coefficient (Wildman–Crippen LogP) is 2.92. The number of rotatable bonds is 3. The second-order valence-corrected chi connectivity index (χ2v) is 7.07. The maximum absolute atomic E-state index is 12.5.